The summed E-state index contributed by atoms with van der Waals surface area (Å²) < 4.78 is 9.32. The van der Waals surface area contributed by atoms with Crippen LogP contribution >= 0.6 is 0 Å². The Morgan fingerprint density at radius 3 is 2.56 bits per heavy atom. The van der Waals surface area contributed by atoms with Crippen LogP contribution in [0.15, 0.2) is 36.4 Å². The molecule has 4 heteroatoms. The van der Waals surface area contributed by atoms with Crippen LogP contribution in [0.1, 0.15) is 12.0 Å². The molecule has 1 aromatic rings. The van der Waals surface area contributed by atoms with E-state index in [0.717, 1.165) is 11.8 Å². The molecule has 4 nitrogen and oxygen atoms in total. The van der Waals surface area contributed by atoms with E-state index in [4.69, 9.17) is 4.74 Å². The van der Waals surface area contributed by atoms with Crippen molar-refractivity contribution in [2.45, 2.75) is 6.42 Å². The maximum atomic E-state index is 11.0. The second kappa shape index (κ2) is 6.40. The Morgan fingerprint density at radius 1 is 1.31 bits per heavy atom. The molecule has 0 N–H and O–H groups in total. The summed E-state index contributed by atoms with van der Waals surface area (Å²) in [6.45, 7) is 0. The molecule has 0 amide bonds. The number of carbonyl (C=O) groups is 2. The number of methoxy groups -OCH3 is 1. The van der Waals surface area contributed by atoms with Crippen molar-refractivity contribution < 1.29 is 19.1 Å². The first-order valence-electron chi connectivity index (χ1n) is 4.73. The van der Waals surface area contributed by atoms with Crippen molar-refractivity contribution in [2.75, 3.05) is 7.11 Å². The van der Waals surface area contributed by atoms with Gasteiger partial charge in [-0.2, -0.15) is 0 Å². The average Bonchev–Trinajstić information content (AvgIpc) is 2.35. The second-order valence-electron chi connectivity index (χ2n) is 2.89. The number of rotatable bonds is 4. The van der Waals surface area contributed by atoms with Crippen LogP contribution in [0.3, 0.4) is 0 Å². The summed E-state index contributed by atoms with van der Waals surface area (Å²) in [5, 5.41) is 0. The van der Waals surface area contributed by atoms with Crippen LogP contribution in [0, 0.1) is 0 Å². The molecule has 0 aliphatic heterocycles. The topological polar surface area (TPSA) is 52.6 Å². The molecule has 84 valence electrons. The van der Waals surface area contributed by atoms with Gasteiger partial charge in [-0.1, -0.05) is 30.3 Å². The van der Waals surface area contributed by atoms with Gasteiger partial charge >= 0.3 is 6.16 Å². The van der Waals surface area contributed by atoms with E-state index in [-0.39, 0.29) is 6.42 Å². The molecular weight excluding hydrogens is 208 g/mol. The van der Waals surface area contributed by atoms with E-state index >= 15 is 0 Å². The van der Waals surface area contributed by atoms with E-state index in [1.807, 2.05) is 18.2 Å². The molecule has 0 saturated heterocycles. The fraction of sp³-hybridized carbons (Fsp3) is 0.167. The average molecular weight is 220 g/mol. The molecule has 0 aliphatic rings. The third-order valence-corrected chi connectivity index (χ3v) is 1.82. The molecule has 0 aromatic heterocycles. The van der Waals surface area contributed by atoms with Crippen LogP contribution in [0.5, 0.6) is 0 Å². The minimum atomic E-state index is -0.805. The normalized spacial score (nSPS) is 10.7. The summed E-state index contributed by atoms with van der Waals surface area (Å²) in [7, 11) is 1.23. The predicted molar refractivity (Wildman–Crippen MR) is 58.6 cm³/mol. The van der Waals surface area contributed by atoms with Crippen molar-refractivity contribution in [2.24, 2.45) is 0 Å². The highest BCUT2D eigenvalue weighted by atomic mass is 16.7. The van der Waals surface area contributed by atoms with Gasteiger partial charge in [0.2, 0.25) is 0 Å². The Hall–Kier alpha value is -2.10. The SMILES string of the molecule is COC(=O)O/C(=C/CC=O)c1ccccc1. The van der Waals surface area contributed by atoms with Crippen molar-refractivity contribution in [3.8, 4) is 0 Å². The lowest BCUT2D eigenvalue weighted by Crippen LogP contribution is -2.03. The van der Waals surface area contributed by atoms with Gasteiger partial charge in [0.05, 0.1) is 7.11 Å². The summed E-state index contributed by atoms with van der Waals surface area (Å²) in [6, 6.07) is 9.02. The summed E-state index contributed by atoms with van der Waals surface area (Å²) in [4.78, 5) is 21.3. The molecule has 1 rings (SSSR count). The highest BCUT2D eigenvalue weighted by Gasteiger charge is 2.08. The van der Waals surface area contributed by atoms with Crippen LogP contribution < -0.4 is 0 Å². The van der Waals surface area contributed by atoms with Crippen molar-refractivity contribution in [1.29, 1.82) is 0 Å². The quantitative estimate of drug-likeness (QED) is 0.444. The summed E-state index contributed by atoms with van der Waals surface area (Å²) in [5.74, 6) is 0.319. The zero-order valence-electron chi connectivity index (χ0n) is 8.88. The monoisotopic (exact) mass is 220 g/mol. The van der Waals surface area contributed by atoms with Crippen LogP contribution in [0.4, 0.5) is 4.79 Å². The van der Waals surface area contributed by atoms with Gasteiger partial charge in [-0.25, -0.2) is 4.79 Å². The maximum Gasteiger partial charge on any atom is 0.513 e. The van der Waals surface area contributed by atoms with Gasteiger partial charge in [0.25, 0.3) is 0 Å². The molecule has 1 aromatic carbocycles. The van der Waals surface area contributed by atoms with Gasteiger partial charge in [0.1, 0.15) is 12.0 Å². The fourth-order valence-electron chi connectivity index (χ4n) is 1.11. The first-order chi connectivity index (χ1) is 7.77. The first-order valence-corrected chi connectivity index (χ1v) is 4.73. The summed E-state index contributed by atoms with van der Waals surface area (Å²) in [6.07, 6.45) is 1.63. The van der Waals surface area contributed by atoms with Crippen molar-refractivity contribution in [3.63, 3.8) is 0 Å². The van der Waals surface area contributed by atoms with Crippen molar-refractivity contribution >= 4 is 18.2 Å². The van der Waals surface area contributed by atoms with E-state index in [9.17, 15) is 9.59 Å². The molecular formula is C12H12O4. The molecule has 0 unspecified atom stereocenters. The zero-order valence-corrected chi connectivity index (χ0v) is 8.88. The molecule has 16 heavy (non-hydrogen) atoms. The van der Waals surface area contributed by atoms with E-state index in [1.165, 1.54) is 13.2 Å². The van der Waals surface area contributed by atoms with E-state index in [1.54, 1.807) is 12.1 Å². The molecule has 0 radical (unpaired) electrons. The van der Waals surface area contributed by atoms with Gasteiger partial charge in [-0.15, -0.1) is 0 Å². The second-order valence-corrected chi connectivity index (χ2v) is 2.89. The standard InChI is InChI=1S/C12H12O4/c1-15-12(14)16-11(8-5-9-13)10-6-3-2-4-7-10/h2-4,6-9H,5H2,1H3/b11-8+. The Kier molecular flexibility index (Phi) is 4.79. The number of aldehydes is 1. The Bertz CT molecular complexity index is 381. The van der Waals surface area contributed by atoms with Crippen molar-refractivity contribution in [3.05, 3.63) is 42.0 Å². The zero-order chi connectivity index (χ0) is 11.8. The van der Waals surface area contributed by atoms with Crippen molar-refractivity contribution in [1.82, 2.24) is 0 Å². The van der Waals surface area contributed by atoms with Crippen LogP contribution in [-0.2, 0) is 14.3 Å². The maximum absolute atomic E-state index is 11.0. The molecule has 0 bridgehead atoms. The Labute approximate surface area is 93.5 Å². The lowest BCUT2D eigenvalue weighted by Gasteiger charge is -2.07. The Balaban J connectivity index is 2.88. The molecule has 0 atom stereocenters. The lowest BCUT2D eigenvalue weighted by molar-refractivity contribution is -0.107. The number of ether oxygens (including phenoxy) is 2. The minimum absolute atomic E-state index is 0.182. The van der Waals surface area contributed by atoms with Crippen LogP contribution in [-0.4, -0.2) is 19.6 Å². The van der Waals surface area contributed by atoms with Crippen LogP contribution in [0.2, 0.25) is 0 Å². The Morgan fingerprint density at radius 2 is 2.00 bits per heavy atom. The number of carbonyl (C=O) groups excluding carboxylic acids is 2. The number of allylic oxidation sites excluding steroid dienone is 1. The molecule has 0 aliphatic carbocycles. The van der Waals surface area contributed by atoms with Gasteiger partial charge in [0.15, 0.2) is 0 Å². The molecule has 0 spiro atoms. The van der Waals surface area contributed by atoms with E-state index in [0.29, 0.717) is 5.76 Å². The van der Waals surface area contributed by atoms with Gasteiger partial charge in [-0.3, -0.25) is 0 Å². The van der Waals surface area contributed by atoms with Gasteiger partial charge in [0, 0.05) is 12.0 Å². The molecule has 0 saturated carbocycles. The third-order valence-electron chi connectivity index (χ3n) is 1.82. The largest absolute Gasteiger partial charge is 0.513 e. The van der Waals surface area contributed by atoms with Gasteiger partial charge < -0.3 is 14.3 Å². The minimum Gasteiger partial charge on any atom is -0.437 e. The van der Waals surface area contributed by atoms with E-state index < -0.39 is 6.16 Å². The number of hydrogen-bond acceptors (Lipinski definition) is 4. The smallest absolute Gasteiger partial charge is 0.437 e. The number of benzene rings is 1. The van der Waals surface area contributed by atoms with Gasteiger partial charge in [-0.05, 0) is 6.08 Å². The fourth-order valence-corrected chi connectivity index (χ4v) is 1.11. The summed E-state index contributed by atoms with van der Waals surface area (Å²) >= 11 is 0. The highest BCUT2D eigenvalue weighted by Crippen LogP contribution is 2.16. The number of hydrogen-bond donors (Lipinski definition) is 0. The highest BCUT2D eigenvalue weighted by molar-refractivity contribution is 5.74. The molecule has 0 fully saturated rings. The summed E-state index contributed by atoms with van der Waals surface area (Å²) in [5.41, 5.74) is 0.717. The molecule has 0 heterocycles. The van der Waals surface area contributed by atoms with E-state index in [2.05, 4.69) is 4.74 Å². The predicted octanol–water partition coefficient (Wildman–Crippen LogP) is 2.40. The first kappa shape index (κ1) is 12.0. The van der Waals surface area contributed by atoms with Crippen LogP contribution in [0.25, 0.3) is 5.76 Å². The third kappa shape index (κ3) is 3.57. The lowest BCUT2D eigenvalue weighted by atomic mass is 10.1.